The molecular formula is C21H23F3N6O. The van der Waals surface area contributed by atoms with Gasteiger partial charge in [0, 0.05) is 19.0 Å². The minimum Gasteiger partial charge on any atom is -0.355 e. The number of halogens is 3. The zero-order chi connectivity index (χ0) is 22.2. The van der Waals surface area contributed by atoms with Gasteiger partial charge in [0.2, 0.25) is 5.91 Å². The summed E-state index contributed by atoms with van der Waals surface area (Å²) < 4.78 is 40.0. The molecule has 1 aliphatic rings. The number of aryl methyl sites for hydroxylation is 1. The molecule has 164 valence electrons. The summed E-state index contributed by atoms with van der Waals surface area (Å²) in [6.45, 7) is 5.03. The van der Waals surface area contributed by atoms with Crippen LogP contribution in [0.25, 0.3) is 5.65 Å². The molecule has 10 heteroatoms. The Hall–Kier alpha value is -3.17. The van der Waals surface area contributed by atoms with Gasteiger partial charge >= 0.3 is 6.18 Å². The number of carbonyl (C=O) groups excluding carboxylic acids is 1. The van der Waals surface area contributed by atoms with E-state index in [0.29, 0.717) is 31.7 Å². The number of hydrogen-bond donors (Lipinski definition) is 1. The van der Waals surface area contributed by atoms with Crippen molar-refractivity contribution in [2.75, 3.05) is 18.0 Å². The van der Waals surface area contributed by atoms with Crippen molar-refractivity contribution in [1.82, 2.24) is 25.1 Å². The number of nitrogens with one attached hydrogen (secondary N) is 1. The molecule has 1 atom stereocenters. The van der Waals surface area contributed by atoms with E-state index in [0.717, 1.165) is 15.6 Å². The van der Waals surface area contributed by atoms with Crippen LogP contribution in [-0.4, -0.2) is 38.8 Å². The molecule has 7 nitrogen and oxygen atoms in total. The number of alkyl halides is 3. The van der Waals surface area contributed by atoms with E-state index in [2.05, 4.69) is 20.6 Å². The number of amides is 1. The number of carbonyl (C=O) groups is 1. The van der Waals surface area contributed by atoms with Crippen molar-refractivity contribution in [3.63, 3.8) is 0 Å². The lowest BCUT2D eigenvalue weighted by Gasteiger charge is -2.32. The molecular weight excluding hydrogens is 409 g/mol. The number of piperidine rings is 1. The van der Waals surface area contributed by atoms with Crippen LogP contribution in [0, 0.1) is 12.8 Å². The van der Waals surface area contributed by atoms with Gasteiger partial charge < -0.3 is 10.2 Å². The molecule has 3 heterocycles. The lowest BCUT2D eigenvalue weighted by molar-refractivity contribution is -0.146. The fourth-order valence-corrected chi connectivity index (χ4v) is 3.98. The van der Waals surface area contributed by atoms with E-state index in [-0.39, 0.29) is 23.5 Å². The van der Waals surface area contributed by atoms with E-state index in [9.17, 15) is 18.0 Å². The van der Waals surface area contributed by atoms with Crippen molar-refractivity contribution in [2.45, 2.75) is 38.9 Å². The van der Waals surface area contributed by atoms with E-state index < -0.39 is 12.0 Å². The lowest BCUT2D eigenvalue weighted by Crippen LogP contribution is -2.41. The average molecular weight is 432 g/mol. The molecule has 0 aliphatic carbocycles. The average Bonchev–Trinajstić information content (AvgIpc) is 3.18. The van der Waals surface area contributed by atoms with Gasteiger partial charge in [0.15, 0.2) is 5.65 Å². The summed E-state index contributed by atoms with van der Waals surface area (Å²) >= 11 is 0. The number of rotatable bonds is 4. The van der Waals surface area contributed by atoms with Crippen LogP contribution >= 0.6 is 0 Å². The molecule has 0 bridgehead atoms. The Morgan fingerprint density at radius 1 is 1.13 bits per heavy atom. The molecule has 1 aliphatic heterocycles. The highest BCUT2D eigenvalue weighted by Crippen LogP contribution is 2.29. The largest absolute Gasteiger partial charge is 0.453 e. The Kier molecular flexibility index (Phi) is 5.55. The fourth-order valence-electron chi connectivity index (χ4n) is 3.98. The van der Waals surface area contributed by atoms with E-state index >= 15 is 0 Å². The molecule has 0 radical (unpaired) electrons. The van der Waals surface area contributed by atoms with Gasteiger partial charge in [-0.3, -0.25) is 4.79 Å². The number of aromatic nitrogens is 4. The van der Waals surface area contributed by atoms with Crippen molar-refractivity contribution >= 4 is 17.4 Å². The van der Waals surface area contributed by atoms with Gasteiger partial charge in [-0.25, -0.2) is 0 Å². The zero-order valence-electron chi connectivity index (χ0n) is 17.2. The Morgan fingerprint density at radius 3 is 2.52 bits per heavy atom. The highest BCUT2D eigenvalue weighted by atomic mass is 19.4. The smallest absolute Gasteiger partial charge is 0.355 e. The SMILES string of the molecule is Cc1ccccc1[C@H](C)NC(=O)C1CCN(c2ccc3nnc(C(F)(F)F)n3n2)CC1. The molecule has 0 saturated carbocycles. The van der Waals surface area contributed by atoms with Crippen LogP contribution in [0.4, 0.5) is 19.0 Å². The summed E-state index contributed by atoms with van der Waals surface area (Å²) in [4.78, 5) is 14.6. The van der Waals surface area contributed by atoms with Gasteiger partial charge in [0.05, 0.1) is 6.04 Å². The van der Waals surface area contributed by atoms with Crippen LogP contribution in [0.3, 0.4) is 0 Å². The molecule has 1 fully saturated rings. The standard InChI is InChI=1S/C21H23F3N6O/c1-13-5-3-4-6-16(13)14(2)25-19(31)15-9-11-29(12-10-15)18-8-7-17-26-27-20(21(22,23)24)30(17)28-18/h3-8,14-15H,9-12H2,1-2H3,(H,25,31)/t14-/m0/s1. The van der Waals surface area contributed by atoms with Gasteiger partial charge in [0.1, 0.15) is 5.82 Å². The molecule has 3 aromatic rings. The monoisotopic (exact) mass is 432 g/mol. The van der Waals surface area contributed by atoms with Gasteiger partial charge in [-0.15, -0.1) is 15.3 Å². The summed E-state index contributed by atoms with van der Waals surface area (Å²) in [6.07, 6.45) is -3.44. The van der Waals surface area contributed by atoms with E-state index in [1.165, 1.54) is 6.07 Å². The number of nitrogens with zero attached hydrogens (tertiary/aromatic N) is 5. The first-order valence-corrected chi connectivity index (χ1v) is 10.1. The number of anilines is 1. The Labute approximate surface area is 177 Å². The first-order valence-electron chi connectivity index (χ1n) is 10.1. The summed E-state index contributed by atoms with van der Waals surface area (Å²) in [5, 5.41) is 13.9. The predicted molar refractivity (Wildman–Crippen MR) is 108 cm³/mol. The predicted octanol–water partition coefficient (Wildman–Crippen LogP) is 3.55. The van der Waals surface area contributed by atoms with Crippen molar-refractivity contribution in [1.29, 1.82) is 0 Å². The highest BCUT2D eigenvalue weighted by molar-refractivity contribution is 5.79. The number of benzene rings is 1. The van der Waals surface area contributed by atoms with Crippen molar-refractivity contribution in [3.8, 4) is 0 Å². The summed E-state index contributed by atoms with van der Waals surface area (Å²) in [5.74, 6) is -0.891. The first-order chi connectivity index (χ1) is 14.7. The summed E-state index contributed by atoms with van der Waals surface area (Å²) in [7, 11) is 0. The molecule has 1 amide bonds. The molecule has 31 heavy (non-hydrogen) atoms. The van der Waals surface area contributed by atoms with Crippen LogP contribution in [0.15, 0.2) is 36.4 Å². The third-order valence-corrected chi connectivity index (χ3v) is 5.71. The van der Waals surface area contributed by atoms with Crippen LogP contribution < -0.4 is 10.2 Å². The lowest BCUT2D eigenvalue weighted by atomic mass is 9.94. The van der Waals surface area contributed by atoms with E-state index in [1.807, 2.05) is 43.0 Å². The van der Waals surface area contributed by atoms with Crippen LogP contribution in [0.2, 0.25) is 0 Å². The second kappa shape index (κ2) is 8.16. The highest BCUT2D eigenvalue weighted by Gasteiger charge is 2.38. The maximum absolute atomic E-state index is 13.1. The molecule has 1 aromatic carbocycles. The van der Waals surface area contributed by atoms with Gasteiger partial charge in [-0.1, -0.05) is 24.3 Å². The third-order valence-electron chi connectivity index (χ3n) is 5.71. The quantitative estimate of drug-likeness (QED) is 0.683. The third kappa shape index (κ3) is 4.33. The van der Waals surface area contributed by atoms with Crippen molar-refractivity contribution in [3.05, 3.63) is 53.3 Å². The number of hydrogen-bond acceptors (Lipinski definition) is 5. The fraction of sp³-hybridized carbons (Fsp3) is 0.429. The molecule has 1 N–H and O–H groups in total. The number of fused-ring (bicyclic) bond motifs is 1. The van der Waals surface area contributed by atoms with Gasteiger partial charge in [-0.05, 0) is 49.9 Å². The summed E-state index contributed by atoms with van der Waals surface area (Å²) in [6, 6.07) is 10.9. The normalized spacial score (nSPS) is 16.5. The van der Waals surface area contributed by atoms with Gasteiger partial charge in [0.25, 0.3) is 5.82 Å². The van der Waals surface area contributed by atoms with E-state index in [1.54, 1.807) is 6.07 Å². The molecule has 2 aromatic heterocycles. The molecule has 0 spiro atoms. The molecule has 0 unspecified atom stereocenters. The Morgan fingerprint density at radius 2 is 1.84 bits per heavy atom. The van der Waals surface area contributed by atoms with Crippen molar-refractivity contribution in [2.24, 2.45) is 5.92 Å². The Balaban J connectivity index is 1.40. The minimum absolute atomic E-state index is 0.00279. The zero-order valence-corrected chi connectivity index (χ0v) is 17.2. The molecule has 1 saturated heterocycles. The van der Waals surface area contributed by atoms with Crippen LogP contribution in [0.1, 0.15) is 42.8 Å². The second-order valence-electron chi connectivity index (χ2n) is 7.83. The molecule has 4 rings (SSSR count). The van der Waals surface area contributed by atoms with Crippen molar-refractivity contribution < 1.29 is 18.0 Å². The maximum atomic E-state index is 13.1. The van der Waals surface area contributed by atoms with Gasteiger partial charge in [-0.2, -0.15) is 17.7 Å². The first kappa shape index (κ1) is 21.1. The second-order valence-corrected chi connectivity index (χ2v) is 7.83. The van der Waals surface area contributed by atoms with Crippen LogP contribution in [0.5, 0.6) is 0 Å². The van der Waals surface area contributed by atoms with Crippen LogP contribution in [-0.2, 0) is 11.0 Å². The summed E-state index contributed by atoms with van der Waals surface area (Å²) in [5.41, 5.74) is 2.24. The topological polar surface area (TPSA) is 75.4 Å². The van der Waals surface area contributed by atoms with E-state index in [4.69, 9.17) is 0 Å². The minimum atomic E-state index is -4.63. The Bertz CT molecular complexity index is 1090. The maximum Gasteiger partial charge on any atom is 0.453 e.